The number of benzene rings is 1. The second kappa shape index (κ2) is 11.4. The molecular formula is C26H37N3O5. The van der Waals surface area contributed by atoms with E-state index in [-0.39, 0.29) is 6.42 Å². The van der Waals surface area contributed by atoms with Crippen molar-refractivity contribution in [3.05, 3.63) is 36.0 Å². The van der Waals surface area contributed by atoms with E-state index in [4.69, 9.17) is 9.47 Å². The average molecular weight is 472 g/mol. The lowest BCUT2D eigenvalue weighted by atomic mass is 9.84. The Balaban J connectivity index is 1.78. The molecule has 1 aromatic carbocycles. The first-order valence-corrected chi connectivity index (χ1v) is 12.1. The Hall–Kier alpha value is -3.03. The van der Waals surface area contributed by atoms with E-state index in [1.807, 2.05) is 30.5 Å². The van der Waals surface area contributed by atoms with Crippen LogP contribution in [0.2, 0.25) is 0 Å². The van der Waals surface area contributed by atoms with Crippen LogP contribution in [0.15, 0.2) is 30.5 Å². The lowest BCUT2D eigenvalue weighted by Gasteiger charge is -2.28. The molecule has 3 N–H and O–H groups in total. The van der Waals surface area contributed by atoms with Crippen molar-refractivity contribution in [2.45, 2.75) is 83.4 Å². The third kappa shape index (κ3) is 7.23. The summed E-state index contributed by atoms with van der Waals surface area (Å²) in [7, 11) is 1.32. The summed E-state index contributed by atoms with van der Waals surface area (Å²) in [5, 5.41) is 6.52. The van der Waals surface area contributed by atoms with Crippen LogP contribution in [0.3, 0.4) is 0 Å². The van der Waals surface area contributed by atoms with Crippen molar-refractivity contribution in [1.29, 1.82) is 0 Å². The highest BCUT2D eigenvalue weighted by Gasteiger charge is 2.31. The molecule has 8 heteroatoms. The fourth-order valence-corrected chi connectivity index (χ4v) is 4.56. The number of hydrogen-bond donors (Lipinski definition) is 3. The summed E-state index contributed by atoms with van der Waals surface area (Å²) in [6, 6.07) is 6.08. The first kappa shape index (κ1) is 25.6. The molecule has 0 saturated heterocycles. The molecule has 1 aliphatic rings. The third-order valence-electron chi connectivity index (χ3n) is 6.20. The lowest BCUT2D eigenvalue weighted by Crippen LogP contribution is -2.53. The lowest BCUT2D eigenvalue weighted by molar-refractivity contribution is -0.145. The number of aromatic amines is 1. The van der Waals surface area contributed by atoms with E-state index in [0.717, 1.165) is 42.1 Å². The quantitative estimate of drug-likeness (QED) is 0.499. The molecule has 8 nitrogen and oxygen atoms in total. The van der Waals surface area contributed by atoms with Gasteiger partial charge in [-0.05, 0) is 44.7 Å². The van der Waals surface area contributed by atoms with E-state index in [0.29, 0.717) is 12.3 Å². The monoisotopic (exact) mass is 471 g/mol. The molecule has 1 unspecified atom stereocenters. The van der Waals surface area contributed by atoms with Crippen LogP contribution >= 0.6 is 0 Å². The van der Waals surface area contributed by atoms with Gasteiger partial charge < -0.3 is 25.1 Å². The minimum absolute atomic E-state index is 0.242. The van der Waals surface area contributed by atoms with Gasteiger partial charge in [-0.3, -0.25) is 4.79 Å². The molecular weight excluding hydrogens is 434 g/mol. The highest BCUT2D eigenvalue weighted by molar-refractivity contribution is 5.91. The maximum atomic E-state index is 13.4. The highest BCUT2D eigenvalue weighted by Crippen LogP contribution is 2.28. The Morgan fingerprint density at radius 3 is 2.44 bits per heavy atom. The first-order valence-electron chi connectivity index (χ1n) is 12.1. The van der Waals surface area contributed by atoms with Crippen LogP contribution in [-0.2, 0) is 25.5 Å². The number of carbonyl (C=O) groups excluding carboxylic acids is 3. The van der Waals surface area contributed by atoms with E-state index in [9.17, 15) is 14.4 Å². The van der Waals surface area contributed by atoms with Gasteiger partial charge in [0.2, 0.25) is 5.91 Å². The number of amides is 2. The Morgan fingerprint density at radius 2 is 1.76 bits per heavy atom. The molecule has 1 aliphatic carbocycles. The summed E-state index contributed by atoms with van der Waals surface area (Å²) in [4.78, 5) is 41.6. The maximum absolute atomic E-state index is 13.4. The minimum atomic E-state index is -0.924. The SMILES string of the molecule is COC(=O)C(CC1CCCCC1)NC(=O)[C@H](Cc1c[nH]c2ccccc12)NC(=O)OC(C)(C)C. The summed E-state index contributed by atoms with van der Waals surface area (Å²) in [6.45, 7) is 5.29. The third-order valence-corrected chi connectivity index (χ3v) is 6.20. The zero-order chi connectivity index (χ0) is 24.7. The van der Waals surface area contributed by atoms with E-state index < -0.39 is 35.7 Å². The fraction of sp³-hybridized carbons (Fsp3) is 0.577. The summed E-state index contributed by atoms with van der Waals surface area (Å²) in [5.41, 5.74) is 1.12. The Kier molecular flexibility index (Phi) is 8.58. The molecule has 1 aromatic heterocycles. The largest absolute Gasteiger partial charge is 0.467 e. The van der Waals surface area contributed by atoms with Gasteiger partial charge in [0.25, 0.3) is 0 Å². The van der Waals surface area contributed by atoms with Crippen molar-refractivity contribution in [2.75, 3.05) is 7.11 Å². The second-order valence-electron chi connectivity index (χ2n) is 10.1. The van der Waals surface area contributed by atoms with Crippen molar-refractivity contribution in [1.82, 2.24) is 15.6 Å². The summed E-state index contributed by atoms with van der Waals surface area (Å²) in [5.74, 6) is -0.548. The average Bonchev–Trinajstić information content (AvgIpc) is 3.20. The highest BCUT2D eigenvalue weighted by atomic mass is 16.6. The molecule has 0 radical (unpaired) electrons. The van der Waals surface area contributed by atoms with E-state index >= 15 is 0 Å². The Morgan fingerprint density at radius 1 is 1.06 bits per heavy atom. The Labute approximate surface area is 201 Å². The van der Waals surface area contributed by atoms with E-state index in [1.54, 1.807) is 20.8 Å². The molecule has 0 bridgehead atoms. The minimum Gasteiger partial charge on any atom is -0.467 e. The topological polar surface area (TPSA) is 110 Å². The number of carbonyl (C=O) groups is 3. The number of rotatable bonds is 8. The number of alkyl carbamates (subject to hydrolysis) is 1. The van der Waals surface area contributed by atoms with Crippen LogP contribution in [0, 0.1) is 5.92 Å². The predicted molar refractivity (Wildman–Crippen MR) is 130 cm³/mol. The van der Waals surface area contributed by atoms with Gasteiger partial charge in [-0.1, -0.05) is 50.3 Å². The van der Waals surface area contributed by atoms with Crippen LogP contribution in [0.1, 0.15) is 64.9 Å². The van der Waals surface area contributed by atoms with Gasteiger partial charge in [-0.15, -0.1) is 0 Å². The number of methoxy groups -OCH3 is 1. The number of fused-ring (bicyclic) bond motifs is 1. The molecule has 34 heavy (non-hydrogen) atoms. The number of aromatic nitrogens is 1. The zero-order valence-corrected chi connectivity index (χ0v) is 20.6. The van der Waals surface area contributed by atoms with Crippen LogP contribution in [0.4, 0.5) is 4.79 Å². The molecule has 3 rings (SSSR count). The first-order chi connectivity index (χ1) is 16.2. The number of ether oxygens (including phenoxy) is 2. The fourth-order valence-electron chi connectivity index (χ4n) is 4.56. The molecule has 0 spiro atoms. The number of hydrogen-bond acceptors (Lipinski definition) is 5. The smallest absolute Gasteiger partial charge is 0.408 e. The van der Waals surface area contributed by atoms with Crippen molar-refractivity contribution in [3.8, 4) is 0 Å². The van der Waals surface area contributed by atoms with Crippen LogP contribution in [0.5, 0.6) is 0 Å². The molecule has 1 fully saturated rings. The zero-order valence-electron chi connectivity index (χ0n) is 20.6. The predicted octanol–water partition coefficient (Wildman–Crippen LogP) is 4.23. The summed E-state index contributed by atoms with van der Waals surface area (Å²) in [6.07, 6.45) is 7.48. The van der Waals surface area contributed by atoms with Gasteiger partial charge in [0.1, 0.15) is 17.7 Å². The molecule has 0 aliphatic heterocycles. The van der Waals surface area contributed by atoms with Crippen LogP contribution < -0.4 is 10.6 Å². The van der Waals surface area contributed by atoms with Crippen molar-refractivity contribution in [2.24, 2.45) is 5.92 Å². The van der Waals surface area contributed by atoms with Gasteiger partial charge in [0, 0.05) is 23.5 Å². The summed E-state index contributed by atoms with van der Waals surface area (Å²) < 4.78 is 10.4. The van der Waals surface area contributed by atoms with Crippen LogP contribution in [-0.4, -0.2) is 47.7 Å². The molecule has 2 atom stereocenters. The normalized spacial score (nSPS) is 16.5. The van der Waals surface area contributed by atoms with Crippen molar-refractivity contribution < 1.29 is 23.9 Å². The molecule has 2 aromatic rings. The van der Waals surface area contributed by atoms with E-state index in [1.165, 1.54) is 13.5 Å². The van der Waals surface area contributed by atoms with Gasteiger partial charge >= 0.3 is 12.1 Å². The van der Waals surface area contributed by atoms with Crippen LogP contribution in [0.25, 0.3) is 10.9 Å². The van der Waals surface area contributed by atoms with Gasteiger partial charge in [0.15, 0.2) is 0 Å². The van der Waals surface area contributed by atoms with Crippen molar-refractivity contribution >= 4 is 28.9 Å². The maximum Gasteiger partial charge on any atom is 0.408 e. The summed E-state index contributed by atoms with van der Waals surface area (Å²) >= 11 is 0. The number of para-hydroxylation sites is 1. The number of nitrogens with one attached hydrogen (secondary N) is 3. The van der Waals surface area contributed by atoms with Gasteiger partial charge in [0.05, 0.1) is 7.11 Å². The van der Waals surface area contributed by atoms with Gasteiger partial charge in [-0.25, -0.2) is 9.59 Å². The standard InChI is InChI=1S/C26H37N3O5/c1-26(2,3)34-25(32)29-21(15-18-16-27-20-13-9-8-12-19(18)20)23(30)28-22(24(31)33-4)14-17-10-6-5-7-11-17/h8-9,12-13,16-17,21-22,27H,5-7,10-11,14-15H2,1-4H3,(H,28,30)(H,29,32)/t21-,22?/m0/s1. The van der Waals surface area contributed by atoms with Gasteiger partial charge in [-0.2, -0.15) is 0 Å². The molecule has 2 amide bonds. The number of esters is 1. The number of H-pyrrole nitrogens is 1. The van der Waals surface area contributed by atoms with E-state index in [2.05, 4.69) is 15.6 Å². The Bertz CT molecular complexity index is 988. The molecule has 186 valence electrons. The second-order valence-corrected chi connectivity index (χ2v) is 10.1. The molecule has 1 heterocycles. The van der Waals surface area contributed by atoms with Crippen molar-refractivity contribution in [3.63, 3.8) is 0 Å². The molecule has 1 saturated carbocycles.